The molecule has 0 aliphatic carbocycles. The van der Waals surface area contributed by atoms with Crippen molar-refractivity contribution in [1.82, 2.24) is 10.6 Å². The van der Waals surface area contributed by atoms with Gasteiger partial charge in [-0.25, -0.2) is 9.18 Å². The lowest BCUT2D eigenvalue weighted by Gasteiger charge is -2.23. The van der Waals surface area contributed by atoms with Crippen molar-refractivity contribution < 1.29 is 23.5 Å². The van der Waals surface area contributed by atoms with Crippen LogP contribution in [0.25, 0.3) is 0 Å². The molecule has 1 heterocycles. The van der Waals surface area contributed by atoms with Gasteiger partial charge in [-0.3, -0.25) is 14.9 Å². The fourth-order valence-electron chi connectivity index (χ4n) is 2.63. The quantitative estimate of drug-likeness (QED) is 0.741. The summed E-state index contributed by atoms with van der Waals surface area (Å²) >= 11 is 11.8. The number of amides is 3. The zero-order valence-corrected chi connectivity index (χ0v) is 15.2. The summed E-state index contributed by atoms with van der Waals surface area (Å²) in [6.07, 6.45) is -1.26. The van der Waals surface area contributed by atoms with Gasteiger partial charge in [0, 0.05) is 13.0 Å². The van der Waals surface area contributed by atoms with Crippen molar-refractivity contribution in [2.45, 2.75) is 18.6 Å². The Morgan fingerprint density at radius 1 is 1.07 bits per heavy atom. The van der Waals surface area contributed by atoms with E-state index in [9.17, 15) is 18.8 Å². The van der Waals surface area contributed by atoms with Crippen LogP contribution in [0.15, 0.2) is 42.5 Å². The molecule has 1 fully saturated rings. The van der Waals surface area contributed by atoms with Gasteiger partial charge in [-0.05, 0) is 35.4 Å². The summed E-state index contributed by atoms with van der Waals surface area (Å²) in [7, 11) is 0. The third-order valence-electron chi connectivity index (χ3n) is 4.02. The Morgan fingerprint density at radius 2 is 1.74 bits per heavy atom. The highest BCUT2D eigenvalue weighted by molar-refractivity contribution is 6.42. The van der Waals surface area contributed by atoms with Crippen LogP contribution in [0.4, 0.5) is 9.18 Å². The van der Waals surface area contributed by atoms with Crippen molar-refractivity contribution in [1.29, 1.82) is 0 Å². The van der Waals surface area contributed by atoms with E-state index in [0.29, 0.717) is 21.2 Å². The van der Waals surface area contributed by atoms with Gasteiger partial charge in [0.1, 0.15) is 5.82 Å². The number of hydrogen-bond acceptors (Lipinski definition) is 4. The largest absolute Gasteiger partial charge is 0.422 e. The van der Waals surface area contributed by atoms with E-state index in [1.165, 1.54) is 24.3 Å². The predicted octanol–water partition coefficient (Wildman–Crippen LogP) is 3.00. The topological polar surface area (TPSA) is 84.5 Å². The molecule has 3 rings (SSSR count). The second kappa shape index (κ2) is 7.54. The molecular weight excluding hydrogens is 398 g/mol. The molecule has 2 aromatic carbocycles. The monoisotopic (exact) mass is 410 g/mol. The van der Waals surface area contributed by atoms with Crippen LogP contribution in [0.2, 0.25) is 10.0 Å². The Bertz CT molecular complexity index is 920. The molecule has 0 unspecified atom stereocenters. The van der Waals surface area contributed by atoms with Crippen LogP contribution >= 0.6 is 23.2 Å². The number of ether oxygens (including phenoxy) is 1. The average Bonchev–Trinajstić information content (AvgIpc) is 2.92. The highest BCUT2D eigenvalue weighted by Gasteiger charge is 2.55. The summed E-state index contributed by atoms with van der Waals surface area (Å²) in [5.41, 5.74) is -0.990. The number of imide groups is 1. The van der Waals surface area contributed by atoms with Crippen molar-refractivity contribution in [3.05, 3.63) is 69.5 Å². The maximum atomic E-state index is 13.1. The van der Waals surface area contributed by atoms with E-state index in [0.717, 1.165) is 0 Å². The number of alkyl carbamates (subject to hydrolysis) is 1. The summed E-state index contributed by atoms with van der Waals surface area (Å²) in [5.74, 6) is -2.16. The van der Waals surface area contributed by atoms with Crippen molar-refractivity contribution >= 4 is 41.1 Å². The molecule has 0 spiro atoms. The molecule has 1 aliphatic heterocycles. The molecule has 0 saturated carbocycles. The Kier molecular flexibility index (Phi) is 5.34. The molecule has 140 valence electrons. The van der Waals surface area contributed by atoms with Crippen molar-refractivity contribution in [2.24, 2.45) is 0 Å². The van der Waals surface area contributed by atoms with Gasteiger partial charge >= 0.3 is 6.09 Å². The summed E-state index contributed by atoms with van der Waals surface area (Å²) < 4.78 is 18.1. The second-order valence-corrected chi connectivity index (χ2v) is 6.72. The number of hydrogen-bond donors (Lipinski definition) is 2. The molecule has 3 amide bonds. The Balaban J connectivity index is 1.81. The first kappa shape index (κ1) is 19.1. The molecular formula is C18H13Cl2FN2O4. The first-order chi connectivity index (χ1) is 12.8. The predicted molar refractivity (Wildman–Crippen MR) is 95.8 cm³/mol. The summed E-state index contributed by atoms with van der Waals surface area (Å²) in [4.78, 5) is 36.6. The molecule has 0 bridgehead atoms. The number of carbonyl (C=O) groups excluding carboxylic acids is 3. The van der Waals surface area contributed by atoms with Crippen LogP contribution < -0.4 is 10.6 Å². The molecule has 2 N–H and O–H groups in total. The van der Waals surface area contributed by atoms with Gasteiger partial charge in [0.2, 0.25) is 0 Å². The zero-order valence-electron chi connectivity index (χ0n) is 13.7. The van der Waals surface area contributed by atoms with Gasteiger partial charge in [-0.1, -0.05) is 41.4 Å². The number of carbonyl (C=O) groups is 3. The molecule has 6 nitrogen and oxygen atoms in total. The summed E-state index contributed by atoms with van der Waals surface area (Å²) in [6, 6.07) is 9.98. The normalized spacial score (nSPS) is 18.8. The lowest BCUT2D eigenvalue weighted by atomic mass is 9.92. The highest BCUT2D eigenvalue weighted by atomic mass is 35.5. The van der Waals surface area contributed by atoms with E-state index >= 15 is 0 Å². The summed E-state index contributed by atoms with van der Waals surface area (Å²) in [6.45, 7) is 0.0335. The maximum absolute atomic E-state index is 13.1. The van der Waals surface area contributed by atoms with Gasteiger partial charge in [0.15, 0.2) is 0 Å². The van der Waals surface area contributed by atoms with Crippen LogP contribution in [-0.4, -0.2) is 23.5 Å². The van der Waals surface area contributed by atoms with E-state index < -0.39 is 29.3 Å². The van der Waals surface area contributed by atoms with Crippen molar-refractivity contribution in [2.75, 3.05) is 0 Å². The Morgan fingerprint density at radius 3 is 2.33 bits per heavy atom. The minimum absolute atomic E-state index is 0.0335. The maximum Gasteiger partial charge on any atom is 0.415 e. The van der Waals surface area contributed by atoms with E-state index in [4.69, 9.17) is 27.9 Å². The van der Waals surface area contributed by atoms with E-state index in [1.807, 2.05) is 5.32 Å². The van der Waals surface area contributed by atoms with Gasteiger partial charge < -0.3 is 10.1 Å². The van der Waals surface area contributed by atoms with Crippen LogP contribution in [0.1, 0.15) is 11.1 Å². The van der Waals surface area contributed by atoms with Gasteiger partial charge in [-0.15, -0.1) is 0 Å². The molecule has 0 radical (unpaired) electrons. The fraction of sp³-hybridized carbons (Fsp3) is 0.167. The Labute approximate surface area is 163 Å². The van der Waals surface area contributed by atoms with Gasteiger partial charge in [0.25, 0.3) is 17.4 Å². The standard InChI is InChI=1S/C18H13Cl2FN2O4/c19-13-6-3-11(7-14(13)20)9-22-15(24)18(16(25)23-17(26)27-18)8-10-1-4-12(21)5-2-10/h1-7H,8-9H2,(H,22,24)(H,23,25,26)/t18-/m1/s1. The molecule has 1 atom stereocenters. The number of benzene rings is 2. The second-order valence-electron chi connectivity index (χ2n) is 5.91. The molecule has 0 aromatic heterocycles. The third kappa shape index (κ3) is 4.04. The SMILES string of the molecule is O=C1NC(=O)[C@@](Cc2ccc(F)cc2)(C(=O)NCc2ccc(Cl)c(Cl)c2)O1. The molecule has 9 heteroatoms. The van der Waals surface area contributed by atoms with Crippen LogP contribution in [-0.2, 0) is 27.3 Å². The fourth-order valence-corrected chi connectivity index (χ4v) is 2.95. The Hall–Kier alpha value is -2.64. The van der Waals surface area contributed by atoms with Gasteiger partial charge in [-0.2, -0.15) is 0 Å². The van der Waals surface area contributed by atoms with Crippen LogP contribution in [0.3, 0.4) is 0 Å². The zero-order chi connectivity index (χ0) is 19.6. The van der Waals surface area contributed by atoms with E-state index in [1.54, 1.807) is 18.2 Å². The van der Waals surface area contributed by atoms with Gasteiger partial charge in [0.05, 0.1) is 10.0 Å². The molecule has 1 aliphatic rings. The number of cyclic esters (lactones) is 1. The number of nitrogens with one attached hydrogen (secondary N) is 2. The van der Waals surface area contributed by atoms with Crippen molar-refractivity contribution in [3.63, 3.8) is 0 Å². The number of rotatable bonds is 5. The van der Waals surface area contributed by atoms with Crippen LogP contribution in [0.5, 0.6) is 0 Å². The number of halogens is 3. The third-order valence-corrected chi connectivity index (χ3v) is 4.76. The lowest BCUT2D eigenvalue weighted by Crippen LogP contribution is -2.54. The highest BCUT2D eigenvalue weighted by Crippen LogP contribution is 2.25. The van der Waals surface area contributed by atoms with E-state index in [-0.39, 0.29) is 13.0 Å². The van der Waals surface area contributed by atoms with Crippen molar-refractivity contribution in [3.8, 4) is 0 Å². The summed E-state index contributed by atoms with van der Waals surface area (Å²) in [5, 5.41) is 5.20. The minimum Gasteiger partial charge on any atom is -0.422 e. The first-order valence-corrected chi connectivity index (χ1v) is 8.57. The minimum atomic E-state index is -2.08. The first-order valence-electron chi connectivity index (χ1n) is 7.81. The van der Waals surface area contributed by atoms with Crippen LogP contribution in [0, 0.1) is 5.82 Å². The lowest BCUT2D eigenvalue weighted by molar-refractivity contribution is -0.147. The molecule has 27 heavy (non-hydrogen) atoms. The molecule has 2 aromatic rings. The average molecular weight is 411 g/mol. The molecule has 1 saturated heterocycles. The van der Waals surface area contributed by atoms with E-state index in [2.05, 4.69) is 5.32 Å². The smallest absolute Gasteiger partial charge is 0.415 e.